The summed E-state index contributed by atoms with van der Waals surface area (Å²) in [4.78, 5) is 29.3. The number of urea groups is 1. The van der Waals surface area contributed by atoms with E-state index in [9.17, 15) is 9.59 Å². The summed E-state index contributed by atoms with van der Waals surface area (Å²) in [6.45, 7) is 14.9. The SMILES string of the molecule is CC1(C)CC(Oc2ccc(C(=O)Nc3ccc(NC(=O)Nc4cc(C(C)(C)C)no4)cc3)nc2)CC(C)(C)[NH2+]1. The first-order valence-corrected chi connectivity index (χ1v) is 13.1. The van der Waals surface area contributed by atoms with E-state index in [4.69, 9.17) is 9.26 Å². The fourth-order valence-corrected chi connectivity index (χ4v) is 5.08. The van der Waals surface area contributed by atoms with E-state index in [0.29, 0.717) is 17.1 Å². The highest BCUT2D eigenvalue weighted by molar-refractivity contribution is 6.03. The van der Waals surface area contributed by atoms with Crippen LogP contribution in [0.3, 0.4) is 0 Å². The summed E-state index contributed by atoms with van der Waals surface area (Å²) < 4.78 is 11.4. The van der Waals surface area contributed by atoms with Crippen LogP contribution in [0.1, 0.15) is 77.5 Å². The van der Waals surface area contributed by atoms with E-state index in [2.05, 4.69) is 59.1 Å². The number of quaternary nitrogens is 1. The Morgan fingerprint density at radius 1 is 0.949 bits per heavy atom. The molecule has 2 aromatic heterocycles. The highest BCUT2D eigenvalue weighted by Gasteiger charge is 2.42. The average Bonchev–Trinajstić information content (AvgIpc) is 3.28. The minimum absolute atomic E-state index is 0.0902. The molecule has 0 aliphatic carbocycles. The third kappa shape index (κ3) is 7.79. The molecule has 0 bridgehead atoms. The van der Waals surface area contributed by atoms with Crippen LogP contribution in [-0.4, -0.2) is 39.3 Å². The van der Waals surface area contributed by atoms with Crippen molar-refractivity contribution in [1.29, 1.82) is 0 Å². The molecule has 1 aromatic carbocycles. The van der Waals surface area contributed by atoms with Crippen LogP contribution in [0.25, 0.3) is 0 Å². The van der Waals surface area contributed by atoms with E-state index in [0.717, 1.165) is 18.5 Å². The zero-order chi connectivity index (χ0) is 28.4. The maximum Gasteiger partial charge on any atom is 0.326 e. The molecule has 10 nitrogen and oxygen atoms in total. The molecule has 0 radical (unpaired) electrons. The Kier molecular flexibility index (Phi) is 7.70. The van der Waals surface area contributed by atoms with Gasteiger partial charge in [0.05, 0.1) is 23.0 Å². The average molecular weight is 536 g/mol. The number of anilines is 3. The second kappa shape index (κ2) is 10.7. The van der Waals surface area contributed by atoms with Crippen LogP contribution in [0, 0.1) is 0 Å². The van der Waals surface area contributed by atoms with Gasteiger partial charge < -0.3 is 25.2 Å². The zero-order valence-electron chi connectivity index (χ0n) is 23.7. The molecular formula is C29H39N6O4+. The van der Waals surface area contributed by atoms with Gasteiger partial charge in [0.2, 0.25) is 5.88 Å². The lowest BCUT2D eigenvalue weighted by Crippen LogP contribution is -3.06. The van der Waals surface area contributed by atoms with Crippen LogP contribution in [0.5, 0.6) is 5.75 Å². The fourth-order valence-electron chi connectivity index (χ4n) is 5.08. The number of pyridine rings is 1. The molecule has 3 amide bonds. The number of hydrogen-bond acceptors (Lipinski definition) is 6. The Bertz CT molecular complexity index is 1290. The summed E-state index contributed by atoms with van der Waals surface area (Å²) in [5.74, 6) is 0.573. The van der Waals surface area contributed by atoms with Crippen molar-refractivity contribution < 1.29 is 24.2 Å². The van der Waals surface area contributed by atoms with Crippen molar-refractivity contribution in [2.24, 2.45) is 0 Å². The molecule has 5 N–H and O–H groups in total. The number of nitrogens with one attached hydrogen (secondary N) is 3. The molecule has 0 atom stereocenters. The van der Waals surface area contributed by atoms with E-state index in [-0.39, 0.29) is 40.1 Å². The number of piperidine rings is 1. The van der Waals surface area contributed by atoms with Crippen LogP contribution in [0.4, 0.5) is 22.1 Å². The molecular weight excluding hydrogens is 496 g/mol. The van der Waals surface area contributed by atoms with Crippen LogP contribution in [-0.2, 0) is 5.41 Å². The topological polar surface area (TPSA) is 135 Å². The Morgan fingerprint density at radius 2 is 1.56 bits per heavy atom. The second-order valence-corrected chi connectivity index (χ2v) is 12.6. The summed E-state index contributed by atoms with van der Waals surface area (Å²) in [6, 6.07) is 11.4. The molecule has 3 aromatic rings. The Morgan fingerprint density at radius 3 is 2.10 bits per heavy atom. The minimum Gasteiger partial charge on any atom is -0.488 e. The lowest BCUT2D eigenvalue weighted by molar-refractivity contribution is -0.789. The highest BCUT2D eigenvalue weighted by atomic mass is 16.5. The maximum absolute atomic E-state index is 12.7. The van der Waals surface area contributed by atoms with E-state index >= 15 is 0 Å². The Hall–Kier alpha value is -3.92. The molecule has 1 aliphatic heterocycles. The first-order chi connectivity index (χ1) is 18.2. The Labute approximate surface area is 229 Å². The number of carbonyl (C=O) groups is 2. The molecule has 0 saturated carbocycles. The summed E-state index contributed by atoms with van der Waals surface area (Å²) in [6.07, 6.45) is 3.55. The number of aromatic nitrogens is 2. The van der Waals surface area contributed by atoms with Crippen molar-refractivity contribution in [3.63, 3.8) is 0 Å². The van der Waals surface area contributed by atoms with Gasteiger partial charge in [-0.15, -0.1) is 0 Å². The van der Waals surface area contributed by atoms with Crippen molar-refractivity contribution in [1.82, 2.24) is 10.1 Å². The van der Waals surface area contributed by atoms with Crippen molar-refractivity contribution in [2.45, 2.75) is 83.9 Å². The van der Waals surface area contributed by atoms with Crippen LogP contribution < -0.4 is 26.0 Å². The third-order valence-corrected chi connectivity index (χ3v) is 6.48. The molecule has 208 valence electrons. The molecule has 1 fully saturated rings. The number of nitrogens with zero attached hydrogens (tertiary/aromatic N) is 2. The van der Waals surface area contributed by atoms with Gasteiger partial charge in [-0.3, -0.25) is 10.1 Å². The number of amides is 3. The monoisotopic (exact) mass is 535 g/mol. The van der Waals surface area contributed by atoms with E-state index in [1.807, 2.05) is 20.8 Å². The molecule has 1 aliphatic rings. The number of hydrogen-bond donors (Lipinski definition) is 4. The lowest BCUT2D eigenvalue weighted by Gasteiger charge is -2.42. The van der Waals surface area contributed by atoms with Crippen LogP contribution >= 0.6 is 0 Å². The number of ether oxygens (including phenoxy) is 1. The predicted molar refractivity (Wildman–Crippen MR) is 150 cm³/mol. The van der Waals surface area contributed by atoms with Gasteiger partial charge >= 0.3 is 6.03 Å². The van der Waals surface area contributed by atoms with Crippen molar-refractivity contribution in [3.8, 4) is 5.75 Å². The Balaban J connectivity index is 1.28. The molecule has 10 heteroatoms. The van der Waals surface area contributed by atoms with E-state index in [1.54, 1.807) is 48.7 Å². The van der Waals surface area contributed by atoms with Gasteiger partial charge in [-0.05, 0) is 64.1 Å². The largest absolute Gasteiger partial charge is 0.488 e. The summed E-state index contributed by atoms with van der Waals surface area (Å²) in [5, 5.41) is 14.6. The summed E-state index contributed by atoms with van der Waals surface area (Å²) in [7, 11) is 0. The smallest absolute Gasteiger partial charge is 0.326 e. The van der Waals surface area contributed by atoms with Crippen LogP contribution in [0.2, 0.25) is 0 Å². The quantitative estimate of drug-likeness (QED) is 0.354. The minimum atomic E-state index is -0.464. The van der Waals surface area contributed by atoms with Crippen molar-refractivity contribution in [2.75, 3.05) is 16.0 Å². The standard InChI is InChI=1S/C29H38N6O4/c1-27(2,3)23-14-24(39-34-23)33-26(37)32-19-10-8-18(9-11-19)31-25(36)22-13-12-20(17-30-22)38-21-15-28(4,5)35-29(6,7)16-21/h8-14,17,21,35H,15-16H2,1-7H3,(H,31,36)(H2,32,33,37)/p+1. The van der Waals surface area contributed by atoms with Crippen LogP contribution in [0.15, 0.2) is 53.2 Å². The van der Waals surface area contributed by atoms with E-state index in [1.165, 1.54) is 0 Å². The van der Waals surface area contributed by atoms with Gasteiger partial charge in [0.25, 0.3) is 5.91 Å². The molecule has 1 saturated heterocycles. The first-order valence-electron chi connectivity index (χ1n) is 13.1. The van der Waals surface area contributed by atoms with Gasteiger partial charge in [-0.1, -0.05) is 25.9 Å². The first kappa shape index (κ1) is 28.1. The summed E-state index contributed by atoms with van der Waals surface area (Å²) >= 11 is 0. The number of rotatable bonds is 6. The van der Waals surface area contributed by atoms with Crippen molar-refractivity contribution in [3.05, 3.63) is 60.0 Å². The van der Waals surface area contributed by atoms with E-state index < -0.39 is 6.03 Å². The van der Waals surface area contributed by atoms with Gasteiger partial charge in [0, 0.05) is 35.7 Å². The molecule has 4 rings (SSSR count). The lowest BCUT2D eigenvalue weighted by atomic mass is 9.81. The van der Waals surface area contributed by atoms with Gasteiger partial charge in [-0.2, -0.15) is 0 Å². The normalized spacial score (nSPS) is 16.8. The van der Waals surface area contributed by atoms with Gasteiger partial charge in [0.1, 0.15) is 17.5 Å². The summed E-state index contributed by atoms with van der Waals surface area (Å²) in [5.41, 5.74) is 2.15. The maximum atomic E-state index is 12.7. The third-order valence-electron chi connectivity index (χ3n) is 6.48. The fraction of sp³-hybridized carbons (Fsp3) is 0.448. The second-order valence-electron chi connectivity index (χ2n) is 12.6. The number of nitrogens with two attached hydrogens (primary N) is 1. The zero-order valence-corrected chi connectivity index (χ0v) is 23.7. The van der Waals surface area contributed by atoms with Gasteiger partial charge in [0.15, 0.2) is 0 Å². The van der Waals surface area contributed by atoms with Crippen molar-refractivity contribution >= 4 is 29.2 Å². The number of benzene rings is 1. The van der Waals surface area contributed by atoms with Gasteiger partial charge in [-0.25, -0.2) is 9.78 Å². The predicted octanol–water partition coefficient (Wildman–Crippen LogP) is 4.93. The molecule has 39 heavy (non-hydrogen) atoms. The molecule has 0 spiro atoms. The highest BCUT2D eigenvalue weighted by Crippen LogP contribution is 2.26. The molecule has 3 heterocycles. The molecule has 0 unspecified atom stereocenters. The number of carbonyl (C=O) groups excluding carboxylic acids is 2.